The summed E-state index contributed by atoms with van der Waals surface area (Å²) in [5.74, 6) is 0.621. The first-order chi connectivity index (χ1) is 10.6. The van der Waals surface area contributed by atoms with Crippen LogP contribution in [0.3, 0.4) is 0 Å². The number of aromatic nitrogens is 2. The van der Waals surface area contributed by atoms with Crippen LogP contribution in [0.15, 0.2) is 54.6 Å². The fourth-order valence-electron chi connectivity index (χ4n) is 2.29. The molecule has 3 aromatic rings. The average molecular weight is 329 g/mol. The van der Waals surface area contributed by atoms with Crippen LogP contribution in [0.1, 0.15) is 16.8 Å². The molecule has 0 bridgehead atoms. The van der Waals surface area contributed by atoms with E-state index >= 15 is 0 Å². The molecular weight excluding hydrogens is 315 g/mol. The minimum Gasteiger partial charge on any atom is -0.233 e. The van der Waals surface area contributed by atoms with Crippen molar-refractivity contribution in [1.82, 2.24) is 9.97 Å². The Morgan fingerprint density at radius 3 is 2.18 bits per heavy atom. The second-order valence-corrected chi connectivity index (χ2v) is 5.87. The third kappa shape index (κ3) is 3.29. The fourth-order valence-corrected chi connectivity index (χ4v) is 2.70. The summed E-state index contributed by atoms with van der Waals surface area (Å²) in [6.45, 7) is 1.96. The highest BCUT2D eigenvalue weighted by atomic mass is 35.5. The number of aryl methyl sites for hydroxylation is 1. The van der Waals surface area contributed by atoms with Crippen molar-refractivity contribution in [3.05, 3.63) is 81.6 Å². The van der Waals surface area contributed by atoms with Gasteiger partial charge in [0.25, 0.3) is 0 Å². The third-order valence-corrected chi connectivity index (χ3v) is 4.05. The Hall–Kier alpha value is -1.90. The maximum absolute atomic E-state index is 6.39. The molecule has 1 heterocycles. The molecule has 0 fully saturated rings. The topological polar surface area (TPSA) is 25.8 Å². The summed E-state index contributed by atoms with van der Waals surface area (Å²) in [5, 5.41) is 1.19. The molecule has 0 spiro atoms. The molecule has 0 aliphatic carbocycles. The molecule has 3 rings (SSSR count). The van der Waals surface area contributed by atoms with Crippen LogP contribution in [0.2, 0.25) is 10.2 Å². The average Bonchev–Trinajstić information content (AvgIpc) is 2.52. The van der Waals surface area contributed by atoms with Crippen LogP contribution in [-0.4, -0.2) is 9.97 Å². The largest absolute Gasteiger partial charge is 0.233 e. The van der Waals surface area contributed by atoms with E-state index in [0.29, 0.717) is 16.0 Å². The van der Waals surface area contributed by atoms with E-state index in [2.05, 4.69) is 22.1 Å². The first kappa shape index (κ1) is 15.0. The summed E-state index contributed by atoms with van der Waals surface area (Å²) in [6, 6.07) is 17.6. The van der Waals surface area contributed by atoms with Crippen LogP contribution in [0.5, 0.6) is 0 Å². The Morgan fingerprint density at radius 1 is 0.864 bits per heavy atom. The first-order valence-electron chi connectivity index (χ1n) is 6.96. The molecular formula is C18H14Cl2N2. The molecule has 2 nitrogen and oxygen atoms in total. The van der Waals surface area contributed by atoms with Gasteiger partial charge in [0.1, 0.15) is 5.15 Å². The third-order valence-electron chi connectivity index (χ3n) is 3.49. The van der Waals surface area contributed by atoms with Gasteiger partial charge >= 0.3 is 0 Å². The van der Waals surface area contributed by atoms with Gasteiger partial charge in [0.2, 0.25) is 0 Å². The van der Waals surface area contributed by atoms with E-state index in [-0.39, 0.29) is 0 Å². The van der Waals surface area contributed by atoms with Gasteiger partial charge in [0.05, 0.1) is 0 Å². The van der Waals surface area contributed by atoms with Crippen LogP contribution in [0.4, 0.5) is 0 Å². The lowest BCUT2D eigenvalue weighted by atomic mass is 10.1. The van der Waals surface area contributed by atoms with Gasteiger partial charge in [-0.3, -0.25) is 0 Å². The van der Waals surface area contributed by atoms with Crippen molar-refractivity contribution in [3.63, 3.8) is 0 Å². The quantitative estimate of drug-likeness (QED) is 0.605. The minimum atomic E-state index is 0.501. The monoisotopic (exact) mass is 328 g/mol. The Kier molecular flexibility index (Phi) is 4.41. The number of hydrogen-bond acceptors (Lipinski definition) is 2. The van der Waals surface area contributed by atoms with Gasteiger partial charge in [-0.25, -0.2) is 9.97 Å². The maximum Gasteiger partial charge on any atom is 0.161 e. The lowest BCUT2D eigenvalue weighted by molar-refractivity contribution is 1.02. The fraction of sp³-hybridized carbons (Fsp3) is 0.111. The van der Waals surface area contributed by atoms with Crippen LogP contribution in [0, 0.1) is 6.92 Å². The van der Waals surface area contributed by atoms with Crippen LogP contribution in [-0.2, 0) is 6.42 Å². The molecule has 2 aromatic carbocycles. The van der Waals surface area contributed by atoms with Crippen LogP contribution in [0.25, 0.3) is 11.4 Å². The van der Waals surface area contributed by atoms with Crippen molar-refractivity contribution >= 4 is 23.2 Å². The molecule has 1 aromatic heterocycles. The van der Waals surface area contributed by atoms with Gasteiger partial charge in [-0.1, -0.05) is 53.5 Å². The van der Waals surface area contributed by atoms with E-state index in [0.717, 1.165) is 23.2 Å². The van der Waals surface area contributed by atoms with E-state index in [1.807, 2.05) is 49.4 Å². The summed E-state index contributed by atoms with van der Waals surface area (Å²) in [5.41, 5.74) is 3.95. The normalized spacial score (nSPS) is 10.7. The molecule has 0 saturated heterocycles. The Morgan fingerprint density at radius 2 is 1.55 bits per heavy atom. The molecule has 110 valence electrons. The van der Waals surface area contributed by atoms with E-state index in [1.165, 1.54) is 5.56 Å². The number of halogens is 2. The van der Waals surface area contributed by atoms with Gasteiger partial charge in [-0.15, -0.1) is 0 Å². The van der Waals surface area contributed by atoms with E-state index < -0.39 is 0 Å². The highest BCUT2D eigenvalue weighted by Gasteiger charge is 2.12. The van der Waals surface area contributed by atoms with Crippen molar-refractivity contribution in [2.45, 2.75) is 13.3 Å². The zero-order chi connectivity index (χ0) is 15.5. The first-order valence-corrected chi connectivity index (χ1v) is 7.72. The van der Waals surface area contributed by atoms with Crippen molar-refractivity contribution < 1.29 is 0 Å². The molecule has 0 saturated carbocycles. The van der Waals surface area contributed by atoms with Gasteiger partial charge < -0.3 is 0 Å². The molecule has 4 heteroatoms. The lowest BCUT2D eigenvalue weighted by Gasteiger charge is -2.10. The molecule has 22 heavy (non-hydrogen) atoms. The van der Waals surface area contributed by atoms with Gasteiger partial charge in [0, 0.05) is 28.3 Å². The van der Waals surface area contributed by atoms with Crippen LogP contribution >= 0.6 is 23.2 Å². The van der Waals surface area contributed by atoms with Gasteiger partial charge in [-0.2, -0.15) is 0 Å². The summed E-state index contributed by atoms with van der Waals surface area (Å²) >= 11 is 12.3. The molecule has 0 aliphatic heterocycles. The Labute approximate surface area is 139 Å². The van der Waals surface area contributed by atoms with E-state index in [9.17, 15) is 0 Å². The summed E-state index contributed by atoms with van der Waals surface area (Å²) in [4.78, 5) is 9.03. The second-order valence-electron chi connectivity index (χ2n) is 5.07. The second kappa shape index (κ2) is 6.47. The highest BCUT2D eigenvalue weighted by molar-refractivity contribution is 6.30. The SMILES string of the molecule is Cc1nc(-c2ccc(Cl)cc2)nc(Cl)c1Cc1ccccc1. The van der Waals surface area contributed by atoms with Gasteiger partial charge in [0.15, 0.2) is 5.82 Å². The predicted octanol–water partition coefficient (Wildman–Crippen LogP) is 5.35. The number of rotatable bonds is 3. The zero-order valence-electron chi connectivity index (χ0n) is 12.1. The molecule has 0 unspecified atom stereocenters. The molecule has 0 aliphatic rings. The summed E-state index contributed by atoms with van der Waals surface area (Å²) in [7, 11) is 0. The predicted molar refractivity (Wildman–Crippen MR) is 91.5 cm³/mol. The smallest absolute Gasteiger partial charge is 0.161 e. The molecule has 0 radical (unpaired) electrons. The van der Waals surface area contributed by atoms with Crippen molar-refractivity contribution in [2.75, 3.05) is 0 Å². The molecule has 0 amide bonds. The number of nitrogens with zero attached hydrogens (tertiary/aromatic N) is 2. The van der Waals surface area contributed by atoms with Crippen molar-refractivity contribution in [1.29, 1.82) is 0 Å². The van der Waals surface area contributed by atoms with Crippen molar-refractivity contribution in [3.8, 4) is 11.4 Å². The number of hydrogen-bond donors (Lipinski definition) is 0. The Bertz CT molecular complexity index is 761. The standard InChI is InChI=1S/C18H14Cl2N2/c1-12-16(11-13-5-3-2-4-6-13)17(20)22-18(21-12)14-7-9-15(19)10-8-14/h2-10H,11H2,1H3. The molecule has 0 atom stereocenters. The minimum absolute atomic E-state index is 0.501. The maximum atomic E-state index is 6.39. The van der Waals surface area contributed by atoms with Crippen molar-refractivity contribution in [2.24, 2.45) is 0 Å². The van der Waals surface area contributed by atoms with Crippen LogP contribution < -0.4 is 0 Å². The summed E-state index contributed by atoms with van der Waals surface area (Å²) < 4.78 is 0. The molecule has 0 N–H and O–H groups in total. The number of benzene rings is 2. The van der Waals surface area contributed by atoms with Gasteiger partial charge in [-0.05, 0) is 36.8 Å². The zero-order valence-corrected chi connectivity index (χ0v) is 13.6. The Balaban J connectivity index is 1.96. The van der Waals surface area contributed by atoms with E-state index in [4.69, 9.17) is 23.2 Å². The lowest BCUT2D eigenvalue weighted by Crippen LogP contribution is -2.01. The summed E-state index contributed by atoms with van der Waals surface area (Å²) in [6.07, 6.45) is 0.729. The van der Waals surface area contributed by atoms with E-state index in [1.54, 1.807) is 0 Å². The highest BCUT2D eigenvalue weighted by Crippen LogP contribution is 2.25.